The first-order valence-corrected chi connectivity index (χ1v) is 20.4. The molecule has 0 aliphatic carbocycles. The topological polar surface area (TPSA) is 148 Å². The van der Waals surface area contributed by atoms with Crippen LogP contribution in [0.4, 0.5) is 0 Å². The van der Waals surface area contributed by atoms with Gasteiger partial charge >= 0.3 is 11.9 Å². The van der Waals surface area contributed by atoms with Gasteiger partial charge in [-0.25, -0.2) is 19.6 Å². The number of nitrogens with zero attached hydrogens (tertiary/aromatic N) is 2. The van der Waals surface area contributed by atoms with E-state index in [1.807, 2.05) is 121 Å². The van der Waals surface area contributed by atoms with Crippen LogP contribution in [0, 0.1) is 0 Å². The highest BCUT2D eigenvalue weighted by molar-refractivity contribution is 7.98. The number of hydrogen-bond donors (Lipinski definition) is 3. The Morgan fingerprint density at radius 3 is 1.72 bits per heavy atom. The fraction of sp³-hybridized carbons (Fsp3) is 0.100. The number of rotatable bonds is 14. The molecule has 0 fully saturated rings. The molecule has 61 heavy (non-hydrogen) atoms. The van der Waals surface area contributed by atoms with Crippen LogP contribution in [0.3, 0.4) is 0 Å². The molecule has 8 aromatic rings. The molecule has 11 heteroatoms. The van der Waals surface area contributed by atoms with Gasteiger partial charge in [0.1, 0.15) is 24.7 Å². The summed E-state index contributed by atoms with van der Waals surface area (Å²) in [6.45, 7) is 2.15. The second-order valence-corrected chi connectivity index (χ2v) is 15.0. The van der Waals surface area contributed by atoms with Gasteiger partial charge in [-0.3, -0.25) is 4.79 Å². The van der Waals surface area contributed by atoms with Gasteiger partial charge in [0, 0.05) is 28.3 Å². The van der Waals surface area contributed by atoms with E-state index >= 15 is 0 Å². The number of amides is 1. The van der Waals surface area contributed by atoms with E-state index < -0.39 is 18.0 Å². The van der Waals surface area contributed by atoms with Gasteiger partial charge in [0.05, 0.1) is 39.6 Å². The van der Waals surface area contributed by atoms with Crippen molar-refractivity contribution in [2.75, 3.05) is 0 Å². The Morgan fingerprint density at radius 1 is 0.574 bits per heavy atom. The summed E-state index contributed by atoms with van der Waals surface area (Å²) < 4.78 is 11.8. The SMILES string of the molecule is CC(=O)NC(c1cccc(OCc2ccc3ccccc3n2)c1)c1cccc(C(=O)O)c1.O=C(O)c1cccc(CSc2ccc(OCc3ccc4ccccc4n3)cc2)c1. The van der Waals surface area contributed by atoms with Gasteiger partial charge in [-0.2, -0.15) is 0 Å². The van der Waals surface area contributed by atoms with Crippen molar-refractivity contribution >= 4 is 51.4 Å². The molecule has 304 valence electrons. The number of carboxylic acids is 2. The van der Waals surface area contributed by atoms with Gasteiger partial charge in [0.2, 0.25) is 5.91 Å². The first-order valence-electron chi connectivity index (χ1n) is 19.4. The number of pyridine rings is 2. The highest BCUT2D eigenvalue weighted by atomic mass is 32.2. The first-order chi connectivity index (χ1) is 29.7. The van der Waals surface area contributed by atoms with Gasteiger partial charge in [0.15, 0.2) is 0 Å². The Hall–Kier alpha value is -7.50. The van der Waals surface area contributed by atoms with E-state index in [-0.39, 0.29) is 11.5 Å². The molecule has 0 spiro atoms. The molecular formula is C50H41N3O7S. The normalized spacial score (nSPS) is 11.2. The van der Waals surface area contributed by atoms with Crippen molar-refractivity contribution < 1.29 is 34.1 Å². The van der Waals surface area contributed by atoms with Crippen LogP contribution >= 0.6 is 11.8 Å². The molecule has 1 unspecified atom stereocenters. The Balaban J connectivity index is 0.000000185. The number of aromatic carboxylic acids is 2. The number of carbonyl (C=O) groups excluding carboxylic acids is 1. The number of thioether (sulfide) groups is 1. The smallest absolute Gasteiger partial charge is 0.335 e. The van der Waals surface area contributed by atoms with Crippen LogP contribution in [0.5, 0.6) is 11.5 Å². The highest BCUT2D eigenvalue weighted by Gasteiger charge is 2.18. The van der Waals surface area contributed by atoms with Crippen LogP contribution in [0.25, 0.3) is 21.8 Å². The average Bonchev–Trinajstić information content (AvgIpc) is 3.29. The molecule has 1 amide bonds. The Morgan fingerprint density at radius 2 is 1.11 bits per heavy atom. The Kier molecular flexibility index (Phi) is 13.6. The van der Waals surface area contributed by atoms with E-state index in [0.29, 0.717) is 35.8 Å². The average molecular weight is 828 g/mol. The number of carbonyl (C=O) groups is 3. The van der Waals surface area contributed by atoms with Crippen LogP contribution in [0.2, 0.25) is 0 Å². The molecule has 1 atom stereocenters. The van der Waals surface area contributed by atoms with E-state index in [4.69, 9.17) is 14.6 Å². The number of fused-ring (bicyclic) bond motifs is 2. The minimum absolute atomic E-state index is 0.160. The Labute approximate surface area is 356 Å². The van der Waals surface area contributed by atoms with E-state index in [9.17, 15) is 19.5 Å². The lowest BCUT2D eigenvalue weighted by molar-refractivity contribution is -0.119. The van der Waals surface area contributed by atoms with Gasteiger partial charge in [0.25, 0.3) is 0 Å². The van der Waals surface area contributed by atoms with E-state index in [2.05, 4.69) is 21.4 Å². The minimum Gasteiger partial charge on any atom is -0.487 e. The maximum atomic E-state index is 11.9. The molecule has 0 bridgehead atoms. The molecular weight excluding hydrogens is 787 g/mol. The van der Waals surface area contributed by atoms with Crippen molar-refractivity contribution in [1.82, 2.24) is 15.3 Å². The third-order valence-corrected chi connectivity index (χ3v) is 10.6. The zero-order valence-electron chi connectivity index (χ0n) is 33.1. The summed E-state index contributed by atoms with van der Waals surface area (Å²) in [4.78, 5) is 44.6. The van der Waals surface area contributed by atoms with Gasteiger partial charge in [-0.1, -0.05) is 84.9 Å². The van der Waals surface area contributed by atoms with Crippen molar-refractivity contribution in [3.8, 4) is 11.5 Å². The zero-order chi connectivity index (χ0) is 42.6. The number of para-hydroxylation sites is 2. The quantitative estimate of drug-likeness (QED) is 0.0905. The molecule has 2 aromatic heterocycles. The summed E-state index contributed by atoms with van der Waals surface area (Å²) in [5, 5.41) is 23.5. The number of hydrogen-bond acceptors (Lipinski definition) is 8. The summed E-state index contributed by atoms with van der Waals surface area (Å²) >= 11 is 1.66. The van der Waals surface area contributed by atoms with Crippen molar-refractivity contribution in [3.63, 3.8) is 0 Å². The van der Waals surface area contributed by atoms with Crippen molar-refractivity contribution in [2.24, 2.45) is 0 Å². The molecule has 10 nitrogen and oxygen atoms in total. The monoisotopic (exact) mass is 827 g/mol. The predicted octanol–water partition coefficient (Wildman–Crippen LogP) is 10.5. The number of benzene rings is 6. The fourth-order valence-electron chi connectivity index (χ4n) is 6.48. The fourth-order valence-corrected chi connectivity index (χ4v) is 7.32. The van der Waals surface area contributed by atoms with Crippen LogP contribution in [0.15, 0.2) is 175 Å². The number of aromatic nitrogens is 2. The van der Waals surface area contributed by atoms with Crippen LogP contribution in [-0.4, -0.2) is 38.0 Å². The maximum absolute atomic E-state index is 11.9. The highest BCUT2D eigenvalue weighted by Crippen LogP contribution is 2.28. The van der Waals surface area contributed by atoms with Crippen molar-refractivity contribution in [2.45, 2.75) is 36.8 Å². The van der Waals surface area contributed by atoms with E-state index in [1.165, 1.54) is 13.0 Å². The lowest BCUT2D eigenvalue weighted by atomic mass is 9.96. The maximum Gasteiger partial charge on any atom is 0.335 e. The standard InChI is InChI=1S/C26H22N2O4.C24H19NO3S/c1-17(29)27-25(19-7-4-9-21(14-19)26(30)31)20-8-5-10-23(15-20)32-16-22-13-12-18-6-2-3-11-24(18)28-22;26-24(27)19-6-3-4-17(14-19)16-29-22-12-10-21(11-13-22)28-15-20-9-8-18-5-1-2-7-23(18)25-20/h2-15,25H,16H2,1H3,(H,27,29)(H,30,31);1-14H,15-16H2,(H,26,27). The van der Waals surface area contributed by atoms with Crippen molar-refractivity contribution in [3.05, 3.63) is 209 Å². The summed E-state index contributed by atoms with van der Waals surface area (Å²) in [5.41, 5.74) is 6.49. The molecule has 8 rings (SSSR count). The van der Waals surface area contributed by atoms with Crippen LogP contribution in [-0.2, 0) is 23.8 Å². The molecule has 0 saturated heterocycles. The molecule has 0 aliphatic heterocycles. The predicted molar refractivity (Wildman–Crippen MR) is 237 cm³/mol. The lowest BCUT2D eigenvalue weighted by Gasteiger charge is -2.20. The molecule has 0 radical (unpaired) electrons. The second-order valence-electron chi connectivity index (χ2n) is 14.0. The van der Waals surface area contributed by atoms with Gasteiger partial charge < -0.3 is 25.0 Å². The number of nitrogens with one attached hydrogen (secondary N) is 1. The Bertz CT molecular complexity index is 2810. The first kappa shape index (κ1) is 41.7. The molecule has 0 saturated carbocycles. The van der Waals surface area contributed by atoms with E-state index in [1.54, 1.807) is 48.2 Å². The zero-order valence-corrected chi connectivity index (χ0v) is 33.9. The van der Waals surface area contributed by atoms with Crippen LogP contribution < -0.4 is 14.8 Å². The molecule has 0 aliphatic rings. The largest absolute Gasteiger partial charge is 0.487 e. The van der Waals surface area contributed by atoms with Crippen molar-refractivity contribution in [1.29, 1.82) is 0 Å². The van der Waals surface area contributed by atoms with Gasteiger partial charge in [-0.15, -0.1) is 11.8 Å². The van der Waals surface area contributed by atoms with Gasteiger partial charge in [-0.05, 0) is 102 Å². The number of ether oxygens (including phenoxy) is 2. The lowest BCUT2D eigenvalue weighted by Crippen LogP contribution is -2.27. The minimum atomic E-state index is -1.02. The molecule has 2 heterocycles. The summed E-state index contributed by atoms with van der Waals surface area (Å²) in [6, 6.07) is 52.3. The molecule has 6 aromatic carbocycles. The molecule has 3 N–H and O–H groups in total. The number of carboxylic acid groups (broad SMARTS) is 2. The summed E-state index contributed by atoms with van der Waals surface area (Å²) in [5.74, 6) is -0.0167. The van der Waals surface area contributed by atoms with Crippen LogP contribution in [0.1, 0.15) is 61.8 Å². The third kappa shape index (κ3) is 11.6. The second kappa shape index (κ2) is 20.0. The van der Waals surface area contributed by atoms with E-state index in [0.717, 1.165) is 55.0 Å². The summed E-state index contributed by atoms with van der Waals surface area (Å²) in [7, 11) is 0. The summed E-state index contributed by atoms with van der Waals surface area (Å²) in [6.07, 6.45) is 0. The third-order valence-electron chi connectivity index (χ3n) is 9.49.